The van der Waals surface area contributed by atoms with E-state index in [9.17, 15) is 9.90 Å². The summed E-state index contributed by atoms with van der Waals surface area (Å²) < 4.78 is 1.87. The van der Waals surface area contributed by atoms with Crippen LogP contribution >= 0.6 is 0 Å². The van der Waals surface area contributed by atoms with Crippen LogP contribution < -0.4 is 5.56 Å². The van der Waals surface area contributed by atoms with Gasteiger partial charge in [0.05, 0.1) is 11.3 Å². The molecule has 3 rings (SSSR count). The van der Waals surface area contributed by atoms with Crippen molar-refractivity contribution in [2.75, 3.05) is 0 Å². The molecule has 0 spiro atoms. The molecule has 1 fully saturated rings. The Kier molecular flexibility index (Phi) is 3.69. The molecule has 0 amide bonds. The average Bonchev–Trinajstić information content (AvgIpc) is 3.30. The molecule has 1 aromatic heterocycles. The quantitative estimate of drug-likeness (QED) is 0.936. The van der Waals surface area contributed by atoms with Gasteiger partial charge in [0.2, 0.25) is 0 Å². The Bertz CT molecular complexity index is 732. The minimum absolute atomic E-state index is 0.0629. The van der Waals surface area contributed by atoms with E-state index in [2.05, 4.69) is 31.2 Å². The van der Waals surface area contributed by atoms with Gasteiger partial charge in [0.1, 0.15) is 0 Å². The van der Waals surface area contributed by atoms with Crippen molar-refractivity contribution in [1.29, 1.82) is 0 Å². The molecular weight excluding hydrogens is 274 g/mol. The molecule has 0 saturated heterocycles. The van der Waals surface area contributed by atoms with Gasteiger partial charge < -0.3 is 9.67 Å². The summed E-state index contributed by atoms with van der Waals surface area (Å²) in [5, 5.41) is 10.2. The molecule has 0 unspecified atom stereocenters. The lowest BCUT2D eigenvalue weighted by Crippen LogP contribution is -2.32. The van der Waals surface area contributed by atoms with Crippen molar-refractivity contribution in [2.24, 2.45) is 0 Å². The molecule has 1 aliphatic rings. The van der Waals surface area contributed by atoms with Crippen molar-refractivity contribution >= 4 is 0 Å². The van der Waals surface area contributed by atoms with Crippen molar-refractivity contribution in [1.82, 2.24) is 4.57 Å². The maximum Gasteiger partial charge on any atom is 0.257 e. The van der Waals surface area contributed by atoms with Crippen LogP contribution in [0.1, 0.15) is 50.8 Å². The van der Waals surface area contributed by atoms with E-state index < -0.39 is 5.60 Å². The molecule has 3 heteroatoms. The zero-order valence-corrected chi connectivity index (χ0v) is 13.5. The topological polar surface area (TPSA) is 42.2 Å². The van der Waals surface area contributed by atoms with Crippen molar-refractivity contribution in [3.05, 3.63) is 57.9 Å². The van der Waals surface area contributed by atoms with E-state index in [4.69, 9.17) is 0 Å². The molecular formula is C19H23NO2. The van der Waals surface area contributed by atoms with Gasteiger partial charge in [-0.15, -0.1) is 0 Å². The maximum atomic E-state index is 12.8. The number of hydrogen-bond acceptors (Lipinski definition) is 2. The molecule has 3 nitrogen and oxygen atoms in total. The molecule has 116 valence electrons. The Morgan fingerprint density at radius 3 is 2.27 bits per heavy atom. The van der Waals surface area contributed by atoms with E-state index in [1.165, 1.54) is 5.56 Å². The SMILES string of the molecule is CCc1ccc(-c2ccc(C(C)(C)O)c(=O)n2C2CC2)cc1. The van der Waals surface area contributed by atoms with E-state index in [1.54, 1.807) is 19.9 Å². The predicted octanol–water partition coefficient (Wildman–Crippen LogP) is 3.64. The Balaban J connectivity index is 2.15. The minimum atomic E-state index is -1.11. The smallest absolute Gasteiger partial charge is 0.257 e. The van der Waals surface area contributed by atoms with Crippen LogP contribution in [0.25, 0.3) is 11.3 Å². The number of pyridine rings is 1. The van der Waals surface area contributed by atoms with Gasteiger partial charge in [0, 0.05) is 11.6 Å². The molecule has 1 saturated carbocycles. The summed E-state index contributed by atoms with van der Waals surface area (Å²) in [6, 6.07) is 12.4. The fourth-order valence-electron chi connectivity index (χ4n) is 2.86. The van der Waals surface area contributed by atoms with Gasteiger partial charge in [-0.3, -0.25) is 4.79 Å². The van der Waals surface area contributed by atoms with Crippen molar-refractivity contribution < 1.29 is 5.11 Å². The fraction of sp³-hybridized carbons (Fsp3) is 0.421. The standard InChI is InChI=1S/C19H23NO2/c1-4-13-5-7-14(8-6-13)17-12-11-16(19(2,3)22)18(21)20(17)15-9-10-15/h5-8,11-12,15,22H,4,9-10H2,1-3H3. The first-order valence-corrected chi connectivity index (χ1v) is 7.99. The zero-order chi connectivity index (χ0) is 15.9. The summed E-state index contributed by atoms with van der Waals surface area (Å²) in [6.07, 6.45) is 3.08. The molecule has 0 aliphatic heterocycles. The number of benzene rings is 1. The maximum absolute atomic E-state index is 12.8. The van der Waals surface area contributed by atoms with Crippen LogP contribution in [0.4, 0.5) is 0 Å². The van der Waals surface area contributed by atoms with Crippen molar-refractivity contribution in [2.45, 2.75) is 51.7 Å². The third-order valence-corrected chi connectivity index (χ3v) is 4.35. The molecule has 0 bridgehead atoms. The highest BCUT2D eigenvalue weighted by molar-refractivity contribution is 5.61. The van der Waals surface area contributed by atoms with E-state index in [-0.39, 0.29) is 11.6 Å². The van der Waals surface area contributed by atoms with Crippen LogP contribution in [0.15, 0.2) is 41.2 Å². The zero-order valence-electron chi connectivity index (χ0n) is 13.5. The first kappa shape index (κ1) is 15.0. The van der Waals surface area contributed by atoms with E-state index in [0.717, 1.165) is 30.5 Å². The summed E-state index contributed by atoms with van der Waals surface area (Å²) in [7, 11) is 0. The summed E-state index contributed by atoms with van der Waals surface area (Å²) in [6.45, 7) is 5.46. The summed E-state index contributed by atoms with van der Waals surface area (Å²) in [4.78, 5) is 12.8. The molecule has 22 heavy (non-hydrogen) atoms. The Hall–Kier alpha value is -1.87. The van der Waals surface area contributed by atoms with Gasteiger partial charge in [0.15, 0.2) is 0 Å². The van der Waals surface area contributed by atoms with E-state index in [0.29, 0.717) is 5.56 Å². The molecule has 1 aromatic carbocycles. The summed E-state index contributed by atoms with van der Waals surface area (Å²) in [5.74, 6) is 0. The second kappa shape index (κ2) is 5.40. The van der Waals surface area contributed by atoms with Crippen LogP contribution in [-0.4, -0.2) is 9.67 Å². The molecule has 2 aromatic rings. The highest BCUT2D eigenvalue weighted by Crippen LogP contribution is 2.37. The molecule has 1 aliphatic carbocycles. The van der Waals surface area contributed by atoms with Gasteiger partial charge in [0.25, 0.3) is 5.56 Å². The number of aromatic nitrogens is 1. The minimum Gasteiger partial charge on any atom is -0.386 e. The average molecular weight is 297 g/mol. The highest BCUT2D eigenvalue weighted by Gasteiger charge is 2.30. The van der Waals surface area contributed by atoms with Crippen molar-refractivity contribution in [3.8, 4) is 11.3 Å². The predicted molar refractivity (Wildman–Crippen MR) is 89.0 cm³/mol. The number of aryl methyl sites for hydroxylation is 1. The van der Waals surface area contributed by atoms with Gasteiger partial charge >= 0.3 is 0 Å². The Labute approximate surface area is 131 Å². The molecule has 1 heterocycles. The second-order valence-electron chi connectivity index (χ2n) is 6.65. The lowest BCUT2D eigenvalue weighted by atomic mass is 9.98. The normalized spacial score (nSPS) is 15.1. The first-order valence-electron chi connectivity index (χ1n) is 7.99. The van der Waals surface area contributed by atoms with Gasteiger partial charge in [-0.2, -0.15) is 0 Å². The molecule has 1 N–H and O–H groups in total. The lowest BCUT2D eigenvalue weighted by Gasteiger charge is -2.21. The number of hydrogen-bond donors (Lipinski definition) is 1. The highest BCUT2D eigenvalue weighted by atomic mass is 16.3. The largest absolute Gasteiger partial charge is 0.386 e. The third kappa shape index (κ3) is 2.73. The monoisotopic (exact) mass is 297 g/mol. The van der Waals surface area contributed by atoms with Crippen LogP contribution in [0.3, 0.4) is 0 Å². The van der Waals surface area contributed by atoms with Crippen LogP contribution in [-0.2, 0) is 12.0 Å². The number of aliphatic hydroxyl groups is 1. The second-order valence-corrected chi connectivity index (χ2v) is 6.65. The van der Waals surface area contributed by atoms with E-state index >= 15 is 0 Å². The number of rotatable bonds is 4. The van der Waals surface area contributed by atoms with Crippen LogP contribution in [0.2, 0.25) is 0 Å². The fourth-order valence-corrected chi connectivity index (χ4v) is 2.86. The van der Waals surface area contributed by atoms with Gasteiger partial charge in [-0.25, -0.2) is 0 Å². The van der Waals surface area contributed by atoms with Crippen molar-refractivity contribution in [3.63, 3.8) is 0 Å². The third-order valence-electron chi connectivity index (χ3n) is 4.35. The van der Waals surface area contributed by atoms with Crippen LogP contribution in [0, 0.1) is 0 Å². The first-order chi connectivity index (χ1) is 10.4. The molecule has 0 radical (unpaired) electrons. The summed E-state index contributed by atoms with van der Waals surface area (Å²) >= 11 is 0. The van der Waals surface area contributed by atoms with E-state index in [1.807, 2.05) is 10.6 Å². The van der Waals surface area contributed by atoms with Crippen LogP contribution in [0.5, 0.6) is 0 Å². The Morgan fingerprint density at radius 2 is 1.77 bits per heavy atom. The van der Waals surface area contributed by atoms with Gasteiger partial charge in [-0.1, -0.05) is 31.2 Å². The number of nitrogens with zero attached hydrogens (tertiary/aromatic N) is 1. The van der Waals surface area contributed by atoms with Gasteiger partial charge in [-0.05, 0) is 56.4 Å². The lowest BCUT2D eigenvalue weighted by molar-refractivity contribution is 0.0765. The summed E-state index contributed by atoms with van der Waals surface area (Å²) in [5.41, 5.74) is 2.59. The Morgan fingerprint density at radius 1 is 1.14 bits per heavy atom. The molecule has 0 atom stereocenters.